The summed E-state index contributed by atoms with van der Waals surface area (Å²) >= 11 is 3.64. The predicted octanol–water partition coefficient (Wildman–Crippen LogP) is 2.39. The number of rotatable bonds is 1. The molecule has 1 aromatic rings. The van der Waals surface area contributed by atoms with E-state index < -0.39 is 0 Å². The molecule has 4 heteroatoms. The van der Waals surface area contributed by atoms with Crippen LogP contribution in [0.4, 0.5) is 0 Å². The minimum atomic E-state index is 0.251. The molecule has 1 aromatic heterocycles. The van der Waals surface area contributed by atoms with Gasteiger partial charge >= 0.3 is 0 Å². The second kappa shape index (κ2) is 3.52. The van der Waals surface area contributed by atoms with Crippen molar-refractivity contribution >= 4 is 29.0 Å². The molecule has 1 amide bonds. The quantitative estimate of drug-likeness (QED) is 0.750. The molecule has 0 spiro atoms. The third-order valence-corrected chi connectivity index (χ3v) is 5.49. The van der Waals surface area contributed by atoms with Crippen LogP contribution in [0, 0.1) is 6.92 Å². The Kier molecular flexibility index (Phi) is 2.29. The Morgan fingerprint density at radius 2 is 2.40 bits per heavy atom. The molecule has 15 heavy (non-hydrogen) atoms. The van der Waals surface area contributed by atoms with E-state index in [9.17, 15) is 4.79 Å². The summed E-state index contributed by atoms with van der Waals surface area (Å²) in [4.78, 5) is 16.4. The molecule has 2 atom stereocenters. The van der Waals surface area contributed by atoms with Crippen molar-refractivity contribution in [3.8, 4) is 0 Å². The lowest BCUT2D eigenvalue weighted by atomic mass is 10.2. The van der Waals surface area contributed by atoms with Crippen LogP contribution in [0.3, 0.4) is 0 Å². The van der Waals surface area contributed by atoms with Crippen molar-refractivity contribution in [3.63, 3.8) is 0 Å². The van der Waals surface area contributed by atoms with Crippen LogP contribution in [-0.4, -0.2) is 34.4 Å². The Morgan fingerprint density at radius 3 is 2.93 bits per heavy atom. The number of thioether (sulfide) groups is 1. The summed E-state index contributed by atoms with van der Waals surface area (Å²) in [5.41, 5.74) is 0. The van der Waals surface area contributed by atoms with Gasteiger partial charge in [-0.2, -0.15) is 11.8 Å². The largest absolute Gasteiger partial charge is 0.333 e. The lowest BCUT2D eigenvalue weighted by Gasteiger charge is -2.26. The van der Waals surface area contributed by atoms with Gasteiger partial charge in [-0.25, -0.2) is 0 Å². The summed E-state index contributed by atoms with van der Waals surface area (Å²) in [5.74, 6) is 1.39. The number of hydrogen-bond acceptors (Lipinski definition) is 3. The van der Waals surface area contributed by atoms with Gasteiger partial charge in [0.15, 0.2) is 0 Å². The molecule has 0 unspecified atom stereocenters. The zero-order chi connectivity index (χ0) is 10.4. The summed E-state index contributed by atoms with van der Waals surface area (Å²) < 4.78 is 0. The molecule has 0 radical (unpaired) electrons. The van der Waals surface area contributed by atoms with Crippen LogP contribution in [0.1, 0.15) is 21.0 Å². The maximum absolute atomic E-state index is 12.2. The van der Waals surface area contributed by atoms with Crippen molar-refractivity contribution in [2.24, 2.45) is 0 Å². The average Bonchev–Trinajstić information content (AvgIpc) is 2.90. The maximum Gasteiger partial charge on any atom is 0.264 e. The van der Waals surface area contributed by atoms with Gasteiger partial charge in [0.25, 0.3) is 5.91 Å². The molecular weight excluding hydrogens is 226 g/mol. The van der Waals surface area contributed by atoms with Crippen LogP contribution >= 0.6 is 23.1 Å². The van der Waals surface area contributed by atoms with Crippen LogP contribution in [-0.2, 0) is 0 Å². The van der Waals surface area contributed by atoms with E-state index in [0.717, 1.165) is 17.2 Å². The molecule has 0 aromatic carbocycles. The number of carbonyl (C=O) groups excluding carboxylic acids is 1. The molecule has 2 aliphatic heterocycles. The highest BCUT2D eigenvalue weighted by Crippen LogP contribution is 2.38. The number of fused-ring (bicyclic) bond motifs is 2. The van der Waals surface area contributed by atoms with Gasteiger partial charge < -0.3 is 4.90 Å². The Balaban J connectivity index is 1.81. The van der Waals surface area contributed by atoms with Crippen LogP contribution in [0.25, 0.3) is 0 Å². The van der Waals surface area contributed by atoms with Crippen molar-refractivity contribution in [1.82, 2.24) is 4.90 Å². The Morgan fingerprint density at radius 1 is 1.53 bits per heavy atom. The second-order valence-electron chi connectivity index (χ2n) is 4.21. The number of aryl methyl sites for hydroxylation is 1. The van der Waals surface area contributed by atoms with E-state index >= 15 is 0 Å². The summed E-state index contributed by atoms with van der Waals surface area (Å²) in [6, 6.07) is 4.50. The maximum atomic E-state index is 12.2. The standard InChI is InChI=1S/C11H13NOS2/c1-7-2-3-10(15-7)11(13)12-5-9-4-8(12)6-14-9/h2-3,8-9H,4-6H2,1H3/t8-,9+/m0/s1. The first-order chi connectivity index (χ1) is 7.24. The molecule has 2 bridgehead atoms. The fourth-order valence-electron chi connectivity index (χ4n) is 2.34. The average molecular weight is 239 g/mol. The molecule has 2 nitrogen and oxygen atoms in total. The van der Waals surface area contributed by atoms with Crippen LogP contribution < -0.4 is 0 Å². The third kappa shape index (κ3) is 1.60. The van der Waals surface area contributed by atoms with Gasteiger partial charge in [-0.1, -0.05) is 0 Å². The number of amides is 1. The lowest BCUT2D eigenvalue weighted by Crippen LogP contribution is -2.38. The molecule has 3 rings (SSSR count). The lowest BCUT2D eigenvalue weighted by molar-refractivity contribution is 0.0752. The van der Waals surface area contributed by atoms with Gasteiger partial charge in [0.05, 0.1) is 4.88 Å². The Labute approximate surface area is 97.7 Å². The number of carbonyl (C=O) groups is 1. The summed E-state index contributed by atoms with van der Waals surface area (Å²) in [6.07, 6.45) is 1.21. The molecule has 2 fully saturated rings. The molecule has 2 saturated heterocycles. The number of nitrogens with zero attached hydrogens (tertiary/aromatic N) is 1. The number of thiophene rings is 1. The summed E-state index contributed by atoms with van der Waals surface area (Å²) in [6.45, 7) is 3.01. The predicted molar refractivity (Wildman–Crippen MR) is 64.7 cm³/mol. The van der Waals surface area contributed by atoms with Gasteiger partial charge in [0, 0.05) is 28.5 Å². The zero-order valence-corrected chi connectivity index (χ0v) is 10.2. The van der Waals surface area contributed by atoms with Gasteiger partial charge in [-0.3, -0.25) is 4.79 Å². The minimum absolute atomic E-state index is 0.251. The molecule has 0 saturated carbocycles. The van der Waals surface area contributed by atoms with Crippen molar-refractivity contribution < 1.29 is 4.79 Å². The van der Waals surface area contributed by atoms with E-state index in [0.29, 0.717) is 11.3 Å². The normalized spacial score (nSPS) is 28.7. The highest BCUT2D eigenvalue weighted by molar-refractivity contribution is 8.00. The molecule has 0 aliphatic carbocycles. The molecular formula is C11H13NOS2. The smallest absolute Gasteiger partial charge is 0.264 e. The van der Waals surface area contributed by atoms with E-state index in [4.69, 9.17) is 0 Å². The van der Waals surface area contributed by atoms with Crippen molar-refractivity contribution in [2.45, 2.75) is 24.6 Å². The zero-order valence-electron chi connectivity index (χ0n) is 8.60. The molecule has 80 valence electrons. The van der Waals surface area contributed by atoms with E-state index in [-0.39, 0.29) is 5.91 Å². The minimum Gasteiger partial charge on any atom is -0.333 e. The van der Waals surface area contributed by atoms with Crippen LogP contribution in [0.2, 0.25) is 0 Å². The van der Waals surface area contributed by atoms with Crippen molar-refractivity contribution in [1.29, 1.82) is 0 Å². The molecule has 0 N–H and O–H groups in total. The van der Waals surface area contributed by atoms with E-state index in [1.165, 1.54) is 11.3 Å². The fourth-order valence-corrected chi connectivity index (χ4v) is 4.60. The van der Waals surface area contributed by atoms with Crippen molar-refractivity contribution in [2.75, 3.05) is 12.3 Å². The highest BCUT2D eigenvalue weighted by Gasteiger charge is 2.41. The topological polar surface area (TPSA) is 20.3 Å². The van der Waals surface area contributed by atoms with Gasteiger partial charge in [-0.05, 0) is 25.5 Å². The summed E-state index contributed by atoms with van der Waals surface area (Å²) in [5, 5.41) is 0.708. The Bertz CT molecular complexity index is 401. The van der Waals surface area contributed by atoms with Crippen LogP contribution in [0.15, 0.2) is 12.1 Å². The van der Waals surface area contributed by atoms with Gasteiger partial charge in [-0.15, -0.1) is 11.3 Å². The summed E-state index contributed by atoms with van der Waals surface area (Å²) in [7, 11) is 0. The second-order valence-corrected chi connectivity index (χ2v) is 6.83. The highest BCUT2D eigenvalue weighted by atomic mass is 32.2. The first-order valence-electron chi connectivity index (χ1n) is 5.23. The molecule has 2 aliphatic rings. The van der Waals surface area contributed by atoms with E-state index in [2.05, 4.69) is 4.90 Å². The van der Waals surface area contributed by atoms with Gasteiger partial charge in [0.1, 0.15) is 0 Å². The Hall–Kier alpha value is -0.480. The molecule has 3 heterocycles. The van der Waals surface area contributed by atoms with Crippen molar-refractivity contribution in [3.05, 3.63) is 21.9 Å². The van der Waals surface area contributed by atoms with Crippen LogP contribution in [0.5, 0.6) is 0 Å². The first kappa shape index (κ1) is 9.73. The van der Waals surface area contributed by atoms with Gasteiger partial charge in [0.2, 0.25) is 0 Å². The monoisotopic (exact) mass is 239 g/mol. The van der Waals surface area contributed by atoms with E-state index in [1.54, 1.807) is 11.3 Å². The SMILES string of the molecule is Cc1ccc(C(=O)N2C[C@H]3C[C@H]2CS3)s1. The number of likely N-dealkylation sites (tertiary alicyclic amines) is 1. The number of hydrogen-bond donors (Lipinski definition) is 0. The van der Waals surface area contributed by atoms with E-state index in [1.807, 2.05) is 30.8 Å². The fraction of sp³-hybridized carbons (Fsp3) is 0.545. The first-order valence-corrected chi connectivity index (χ1v) is 7.09. The third-order valence-electron chi connectivity index (χ3n) is 3.11.